The number of rotatable bonds is 4. The summed E-state index contributed by atoms with van der Waals surface area (Å²) < 4.78 is 5.73. The fourth-order valence-electron chi connectivity index (χ4n) is 4.26. The lowest BCUT2D eigenvalue weighted by Gasteiger charge is -2.31. The summed E-state index contributed by atoms with van der Waals surface area (Å²) in [6, 6.07) is 8.52. The number of fused-ring (bicyclic) bond motifs is 4. The van der Waals surface area contributed by atoms with Crippen LogP contribution in [0.5, 0.6) is 0 Å². The fraction of sp³-hybridized carbons (Fsp3) is 0.381. The Hall–Kier alpha value is -3.09. The molecule has 28 heavy (non-hydrogen) atoms. The molecule has 0 aliphatic carbocycles. The Bertz CT molecular complexity index is 991. The van der Waals surface area contributed by atoms with Crippen LogP contribution < -0.4 is 10.2 Å². The number of carbonyl (C=O) groups excluding carboxylic acids is 1. The maximum Gasteiger partial charge on any atom is 0.255 e. The molecule has 0 radical (unpaired) electrons. The molecule has 1 aromatic carbocycles. The van der Waals surface area contributed by atoms with Gasteiger partial charge in [-0.15, -0.1) is 0 Å². The lowest BCUT2D eigenvalue weighted by atomic mass is 10.0. The maximum atomic E-state index is 13.0. The summed E-state index contributed by atoms with van der Waals surface area (Å²) >= 11 is 0. The number of nitrogens with zero attached hydrogens (tertiary/aromatic N) is 4. The average Bonchev–Trinajstić information content (AvgIpc) is 3.31. The molecule has 0 spiro atoms. The molecule has 2 aromatic rings. The van der Waals surface area contributed by atoms with Crippen LogP contribution in [0, 0.1) is 6.92 Å². The second-order valence-corrected chi connectivity index (χ2v) is 7.33. The molecule has 0 saturated heterocycles. The molecule has 0 saturated carbocycles. The average molecular weight is 377 g/mol. The Labute approximate surface area is 163 Å². The van der Waals surface area contributed by atoms with E-state index in [1.165, 1.54) is 11.3 Å². The Morgan fingerprint density at radius 2 is 2.18 bits per heavy atom. The number of carbonyl (C=O) groups is 1. The number of hydrogen-bond donors (Lipinski definition) is 1. The van der Waals surface area contributed by atoms with Crippen molar-refractivity contribution in [3.63, 3.8) is 0 Å². The van der Waals surface area contributed by atoms with Gasteiger partial charge in [-0.25, -0.2) is 4.99 Å². The van der Waals surface area contributed by atoms with Crippen molar-refractivity contribution in [3.8, 4) is 0 Å². The molecule has 5 rings (SSSR count). The van der Waals surface area contributed by atoms with Gasteiger partial charge in [0.2, 0.25) is 5.88 Å². The standard InChI is InChI=1S/C21H23N5O2/c1-14-17(18-19-22-8-12-26(19)13-24-21(18)28-14)20(27)23-9-11-25-10-4-6-15-5-2-3-7-16(15)25/h2-3,5,7,13H,4,6,8-12H2,1H3,(H,23,27). The number of hydrogen-bond acceptors (Lipinski definition) is 6. The number of aliphatic imine (C=N–C) groups is 2. The molecule has 3 aliphatic heterocycles. The van der Waals surface area contributed by atoms with Crippen LogP contribution in [-0.4, -0.2) is 55.7 Å². The molecule has 1 aromatic heterocycles. The highest BCUT2D eigenvalue weighted by Gasteiger charge is 2.33. The lowest BCUT2D eigenvalue weighted by Crippen LogP contribution is -2.38. The van der Waals surface area contributed by atoms with Gasteiger partial charge in [-0.3, -0.25) is 9.79 Å². The number of furan rings is 1. The highest BCUT2D eigenvalue weighted by molar-refractivity contribution is 6.17. The minimum atomic E-state index is -0.126. The van der Waals surface area contributed by atoms with E-state index in [-0.39, 0.29) is 5.91 Å². The van der Waals surface area contributed by atoms with Gasteiger partial charge in [-0.2, -0.15) is 0 Å². The zero-order valence-electron chi connectivity index (χ0n) is 15.9. The van der Waals surface area contributed by atoms with Crippen molar-refractivity contribution in [2.75, 3.05) is 37.6 Å². The van der Waals surface area contributed by atoms with Crippen molar-refractivity contribution in [1.82, 2.24) is 10.2 Å². The second kappa shape index (κ2) is 6.82. The van der Waals surface area contributed by atoms with Gasteiger partial charge in [0.25, 0.3) is 5.91 Å². The molecule has 0 unspecified atom stereocenters. The van der Waals surface area contributed by atoms with Crippen LogP contribution in [0.25, 0.3) is 0 Å². The summed E-state index contributed by atoms with van der Waals surface area (Å²) in [6.45, 7) is 5.69. The highest BCUT2D eigenvalue weighted by atomic mass is 16.4. The van der Waals surface area contributed by atoms with E-state index >= 15 is 0 Å². The van der Waals surface area contributed by atoms with E-state index < -0.39 is 0 Å². The van der Waals surface area contributed by atoms with E-state index in [1.54, 1.807) is 6.34 Å². The molecule has 0 fully saturated rings. The van der Waals surface area contributed by atoms with E-state index in [0.29, 0.717) is 30.3 Å². The number of benzene rings is 1. The smallest absolute Gasteiger partial charge is 0.255 e. The number of anilines is 1. The van der Waals surface area contributed by atoms with Crippen LogP contribution in [0.1, 0.15) is 33.7 Å². The molecular weight excluding hydrogens is 354 g/mol. The summed E-state index contributed by atoms with van der Waals surface area (Å²) in [6.07, 6.45) is 4.00. The quantitative estimate of drug-likeness (QED) is 0.889. The predicted molar refractivity (Wildman–Crippen MR) is 109 cm³/mol. The number of para-hydroxylation sites is 1. The van der Waals surface area contributed by atoms with Crippen LogP contribution in [0.4, 0.5) is 11.6 Å². The Morgan fingerprint density at radius 3 is 3.11 bits per heavy atom. The molecule has 3 aliphatic rings. The monoisotopic (exact) mass is 377 g/mol. The number of nitrogens with one attached hydrogen (secondary N) is 1. The first-order chi connectivity index (χ1) is 13.7. The van der Waals surface area contributed by atoms with Crippen molar-refractivity contribution in [3.05, 3.63) is 46.7 Å². The largest absolute Gasteiger partial charge is 0.442 e. The summed E-state index contributed by atoms with van der Waals surface area (Å²) in [5.74, 6) is 1.72. The fourth-order valence-corrected chi connectivity index (χ4v) is 4.26. The molecule has 7 nitrogen and oxygen atoms in total. The first kappa shape index (κ1) is 17.0. The zero-order chi connectivity index (χ0) is 19.1. The van der Waals surface area contributed by atoms with Crippen LogP contribution in [0.15, 0.2) is 38.7 Å². The molecular formula is C21H23N5O2. The molecule has 7 heteroatoms. The van der Waals surface area contributed by atoms with Gasteiger partial charge in [-0.05, 0) is 31.4 Å². The zero-order valence-corrected chi connectivity index (χ0v) is 15.9. The molecule has 1 amide bonds. The van der Waals surface area contributed by atoms with Crippen molar-refractivity contribution >= 4 is 29.7 Å². The Kier molecular flexibility index (Phi) is 4.15. The number of amidine groups is 1. The minimum Gasteiger partial charge on any atom is -0.442 e. The third-order valence-electron chi connectivity index (χ3n) is 5.58. The van der Waals surface area contributed by atoms with Crippen molar-refractivity contribution < 1.29 is 9.21 Å². The van der Waals surface area contributed by atoms with Gasteiger partial charge in [0.15, 0.2) is 0 Å². The summed E-state index contributed by atoms with van der Waals surface area (Å²) in [4.78, 5) is 26.2. The van der Waals surface area contributed by atoms with Gasteiger partial charge >= 0.3 is 0 Å². The van der Waals surface area contributed by atoms with Crippen LogP contribution >= 0.6 is 0 Å². The number of aryl methyl sites for hydroxylation is 2. The summed E-state index contributed by atoms with van der Waals surface area (Å²) in [5, 5.41) is 3.07. The third-order valence-corrected chi connectivity index (χ3v) is 5.58. The van der Waals surface area contributed by atoms with Crippen LogP contribution in [0.3, 0.4) is 0 Å². The van der Waals surface area contributed by atoms with Gasteiger partial charge in [0, 0.05) is 31.9 Å². The van der Waals surface area contributed by atoms with Gasteiger partial charge in [0.1, 0.15) is 17.9 Å². The summed E-state index contributed by atoms with van der Waals surface area (Å²) in [7, 11) is 0. The van der Waals surface area contributed by atoms with Gasteiger partial charge in [0.05, 0.1) is 17.7 Å². The van der Waals surface area contributed by atoms with Crippen LogP contribution in [0.2, 0.25) is 0 Å². The van der Waals surface area contributed by atoms with Gasteiger partial charge in [-0.1, -0.05) is 18.2 Å². The SMILES string of the molecule is Cc1oc2c(c1C(=O)NCCN1CCCc3ccccc31)C1=NCCN1C=N2. The normalized spacial score (nSPS) is 17.1. The molecule has 1 N–H and O–H groups in total. The van der Waals surface area contributed by atoms with Crippen molar-refractivity contribution in [2.45, 2.75) is 19.8 Å². The Balaban J connectivity index is 1.31. The first-order valence-corrected chi connectivity index (χ1v) is 9.82. The molecule has 0 bridgehead atoms. The van der Waals surface area contributed by atoms with E-state index in [1.807, 2.05) is 11.8 Å². The number of amides is 1. The van der Waals surface area contributed by atoms with Crippen LogP contribution in [-0.2, 0) is 6.42 Å². The summed E-state index contributed by atoms with van der Waals surface area (Å²) in [5.41, 5.74) is 3.94. The van der Waals surface area contributed by atoms with E-state index in [9.17, 15) is 4.79 Å². The predicted octanol–water partition coefficient (Wildman–Crippen LogP) is 2.51. The molecule has 4 heterocycles. The van der Waals surface area contributed by atoms with E-state index in [4.69, 9.17) is 4.42 Å². The van der Waals surface area contributed by atoms with Crippen molar-refractivity contribution in [2.24, 2.45) is 9.98 Å². The van der Waals surface area contributed by atoms with E-state index in [2.05, 4.69) is 44.5 Å². The van der Waals surface area contributed by atoms with E-state index in [0.717, 1.165) is 43.9 Å². The van der Waals surface area contributed by atoms with Crippen molar-refractivity contribution in [1.29, 1.82) is 0 Å². The molecule has 0 atom stereocenters. The van der Waals surface area contributed by atoms with Gasteiger partial charge < -0.3 is 19.5 Å². The molecule has 144 valence electrons. The minimum absolute atomic E-state index is 0.126. The second-order valence-electron chi connectivity index (χ2n) is 7.33. The first-order valence-electron chi connectivity index (χ1n) is 9.82. The third kappa shape index (κ3) is 2.78. The Morgan fingerprint density at radius 1 is 1.29 bits per heavy atom. The maximum absolute atomic E-state index is 13.0. The lowest BCUT2D eigenvalue weighted by molar-refractivity contribution is 0.0953. The topological polar surface area (TPSA) is 73.4 Å². The highest BCUT2D eigenvalue weighted by Crippen LogP contribution is 2.34.